The number of hydrogen-bond acceptors (Lipinski definition) is 2. The second kappa shape index (κ2) is 4.50. The summed E-state index contributed by atoms with van der Waals surface area (Å²) < 4.78 is 0. The van der Waals surface area contributed by atoms with Gasteiger partial charge in [0.05, 0.1) is 11.8 Å². The average molecular weight is 267 g/mol. The van der Waals surface area contributed by atoms with Crippen LogP contribution in [0.25, 0.3) is 0 Å². The SMILES string of the molecule is CC1(C)CC(NC(=O)C2CC2C(=O)O)CC(C)(C)C1. The molecule has 2 aliphatic carbocycles. The van der Waals surface area contributed by atoms with Gasteiger partial charge in [-0.2, -0.15) is 0 Å². The first-order chi connectivity index (χ1) is 8.60. The first-order valence-electron chi connectivity index (χ1n) is 7.13. The quantitative estimate of drug-likeness (QED) is 0.825. The van der Waals surface area contributed by atoms with Crippen LogP contribution in [0.1, 0.15) is 53.4 Å². The molecule has 0 radical (unpaired) electrons. The second-order valence-electron chi connectivity index (χ2n) is 7.91. The van der Waals surface area contributed by atoms with Gasteiger partial charge < -0.3 is 10.4 Å². The maximum Gasteiger partial charge on any atom is 0.307 e. The number of carbonyl (C=O) groups excluding carboxylic acids is 1. The third kappa shape index (κ3) is 3.48. The van der Waals surface area contributed by atoms with Crippen molar-refractivity contribution < 1.29 is 14.7 Å². The van der Waals surface area contributed by atoms with Crippen molar-refractivity contribution in [2.24, 2.45) is 22.7 Å². The molecule has 0 bridgehead atoms. The zero-order valence-electron chi connectivity index (χ0n) is 12.3. The topological polar surface area (TPSA) is 66.4 Å². The van der Waals surface area contributed by atoms with Crippen molar-refractivity contribution >= 4 is 11.9 Å². The van der Waals surface area contributed by atoms with Gasteiger partial charge in [0.1, 0.15) is 0 Å². The van der Waals surface area contributed by atoms with E-state index in [1.54, 1.807) is 0 Å². The van der Waals surface area contributed by atoms with Crippen LogP contribution in [-0.2, 0) is 9.59 Å². The van der Waals surface area contributed by atoms with Crippen LogP contribution in [0.4, 0.5) is 0 Å². The standard InChI is InChI=1S/C15H25NO3/c1-14(2)6-9(7-15(3,4)8-14)16-12(17)10-5-11(10)13(18)19/h9-11H,5-8H2,1-4H3,(H,16,17)(H,18,19). The molecule has 0 spiro atoms. The van der Waals surface area contributed by atoms with Gasteiger partial charge in [-0.05, 0) is 36.5 Å². The summed E-state index contributed by atoms with van der Waals surface area (Å²) in [4.78, 5) is 22.8. The van der Waals surface area contributed by atoms with E-state index in [1.807, 2.05) is 0 Å². The maximum absolute atomic E-state index is 12.0. The van der Waals surface area contributed by atoms with Crippen LogP contribution in [0.3, 0.4) is 0 Å². The van der Waals surface area contributed by atoms with Crippen molar-refractivity contribution in [3.05, 3.63) is 0 Å². The van der Waals surface area contributed by atoms with E-state index in [0.29, 0.717) is 6.42 Å². The van der Waals surface area contributed by atoms with Crippen molar-refractivity contribution in [2.75, 3.05) is 0 Å². The summed E-state index contributed by atoms with van der Waals surface area (Å²) in [6, 6.07) is 0.182. The summed E-state index contributed by atoms with van der Waals surface area (Å²) in [5.41, 5.74) is 0.463. The van der Waals surface area contributed by atoms with E-state index >= 15 is 0 Å². The summed E-state index contributed by atoms with van der Waals surface area (Å²) in [5, 5.41) is 11.9. The fourth-order valence-corrected chi connectivity index (χ4v) is 4.01. The Balaban J connectivity index is 1.92. The van der Waals surface area contributed by atoms with Crippen molar-refractivity contribution in [3.8, 4) is 0 Å². The Morgan fingerprint density at radius 1 is 1.05 bits per heavy atom. The highest BCUT2D eigenvalue weighted by atomic mass is 16.4. The fourth-order valence-electron chi connectivity index (χ4n) is 4.01. The first kappa shape index (κ1) is 14.4. The van der Waals surface area contributed by atoms with Crippen LogP contribution in [0.2, 0.25) is 0 Å². The molecule has 2 rings (SSSR count). The van der Waals surface area contributed by atoms with Crippen molar-refractivity contribution in [2.45, 2.75) is 59.4 Å². The Hall–Kier alpha value is -1.06. The van der Waals surface area contributed by atoms with Crippen LogP contribution in [-0.4, -0.2) is 23.0 Å². The van der Waals surface area contributed by atoms with Crippen molar-refractivity contribution in [1.29, 1.82) is 0 Å². The molecule has 4 nitrogen and oxygen atoms in total. The molecule has 2 unspecified atom stereocenters. The highest BCUT2D eigenvalue weighted by molar-refractivity contribution is 5.89. The van der Waals surface area contributed by atoms with Gasteiger partial charge in [0.2, 0.25) is 5.91 Å². The number of nitrogens with one attached hydrogen (secondary N) is 1. The monoisotopic (exact) mass is 267 g/mol. The van der Waals surface area contributed by atoms with E-state index in [2.05, 4.69) is 33.0 Å². The van der Waals surface area contributed by atoms with Gasteiger partial charge in [-0.3, -0.25) is 9.59 Å². The Bertz CT molecular complexity index is 384. The first-order valence-corrected chi connectivity index (χ1v) is 7.13. The summed E-state index contributed by atoms with van der Waals surface area (Å²) in [5.74, 6) is -1.66. The molecule has 0 aromatic rings. The van der Waals surface area contributed by atoms with E-state index in [4.69, 9.17) is 5.11 Å². The van der Waals surface area contributed by atoms with E-state index in [-0.39, 0.29) is 28.7 Å². The van der Waals surface area contributed by atoms with Crippen molar-refractivity contribution in [1.82, 2.24) is 5.32 Å². The third-order valence-electron chi connectivity index (χ3n) is 4.35. The highest BCUT2D eigenvalue weighted by Crippen LogP contribution is 2.46. The third-order valence-corrected chi connectivity index (χ3v) is 4.35. The van der Waals surface area contributed by atoms with E-state index in [1.165, 1.54) is 0 Å². The van der Waals surface area contributed by atoms with Gasteiger partial charge in [0.25, 0.3) is 0 Å². The molecule has 2 fully saturated rings. The van der Waals surface area contributed by atoms with Gasteiger partial charge >= 0.3 is 5.97 Å². The van der Waals surface area contributed by atoms with Crippen LogP contribution in [0.5, 0.6) is 0 Å². The lowest BCUT2D eigenvalue weighted by Crippen LogP contribution is -2.46. The zero-order chi connectivity index (χ0) is 14.4. The molecule has 2 atom stereocenters. The van der Waals surface area contributed by atoms with Gasteiger partial charge in [0.15, 0.2) is 0 Å². The Kier molecular flexibility index (Phi) is 3.40. The Morgan fingerprint density at radius 3 is 2.00 bits per heavy atom. The molecule has 19 heavy (non-hydrogen) atoms. The summed E-state index contributed by atoms with van der Waals surface area (Å²) in [6.45, 7) is 8.96. The molecule has 2 saturated carbocycles. The Labute approximate surface area is 115 Å². The number of carbonyl (C=O) groups is 2. The van der Waals surface area contributed by atoms with Crippen LogP contribution >= 0.6 is 0 Å². The predicted molar refractivity (Wildman–Crippen MR) is 72.6 cm³/mol. The number of carboxylic acid groups (broad SMARTS) is 1. The number of rotatable bonds is 3. The number of amides is 1. The number of hydrogen-bond donors (Lipinski definition) is 2. The predicted octanol–water partition coefficient (Wildman–Crippen LogP) is 2.43. The second-order valence-corrected chi connectivity index (χ2v) is 7.91. The van der Waals surface area contributed by atoms with Crippen LogP contribution in [0.15, 0.2) is 0 Å². The molecule has 1 amide bonds. The molecule has 2 aliphatic rings. The normalized spacial score (nSPS) is 32.6. The summed E-state index contributed by atoms with van der Waals surface area (Å²) in [7, 11) is 0. The molecule has 0 heterocycles. The van der Waals surface area contributed by atoms with Gasteiger partial charge in [-0.15, -0.1) is 0 Å². The lowest BCUT2D eigenvalue weighted by Gasteiger charge is -2.45. The van der Waals surface area contributed by atoms with Gasteiger partial charge in [-0.25, -0.2) is 0 Å². The maximum atomic E-state index is 12.0. The summed E-state index contributed by atoms with van der Waals surface area (Å²) in [6.07, 6.45) is 3.62. The van der Waals surface area contributed by atoms with Crippen LogP contribution < -0.4 is 5.32 Å². The number of carboxylic acids is 1. The van der Waals surface area contributed by atoms with E-state index in [0.717, 1.165) is 19.3 Å². The Morgan fingerprint density at radius 2 is 1.58 bits per heavy atom. The molecule has 0 aromatic carbocycles. The molecule has 4 heteroatoms. The van der Waals surface area contributed by atoms with Crippen LogP contribution in [0, 0.1) is 22.7 Å². The fraction of sp³-hybridized carbons (Fsp3) is 0.867. The molecule has 0 aromatic heterocycles. The molecule has 108 valence electrons. The lowest BCUT2D eigenvalue weighted by atomic mass is 9.63. The van der Waals surface area contributed by atoms with Crippen molar-refractivity contribution in [3.63, 3.8) is 0 Å². The minimum Gasteiger partial charge on any atom is -0.481 e. The van der Waals surface area contributed by atoms with E-state index in [9.17, 15) is 9.59 Å². The lowest BCUT2D eigenvalue weighted by molar-refractivity contribution is -0.140. The molecule has 2 N–H and O–H groups in total. The van der Waals surface area contributed by atoms with Gasteiger partial charge in [0, 0.05) is 6.04 Å². The summed E-state index contributed by atoms with van der Waals surface area (Å²) >= 11 is 0. The molecular formula is C15H25NO3. The molecule has 0 aliphatic heterocycles. The smallest absolute Gasteiger partial charge is 0.307 e. The zero-order valence-corrected chi connectivity index (χ0v) is 12.3. The van der Waals surface area contributed by atoms with E-state index < -0.39 is 11.9 Å². The number of aliphatic carboxylic acids is 1. The van der Waals surface area contributed by atoms with Gasteiger partial charge in [-0.1, -0.05) is 27.7 Å². The highest BCUT2D eigenvalue weighted by Gasteiger charge is 2.49. The minimum atomic E-state index is -0.843. The average Bonchev–Trinajstić information content (AvgIpc) is 2.89. The molecular weight excluding hydrogens is 242 g/mol. The minimum absolute atomic E-state index is 0.0640. The molecule has 0 saturated heterocycles. The largest absolute Gasteiger partial charge is 0.481 e.